The zero-order chi connectivity index (χ0) is 16.2. The van der Waals surface area contributed by atoms with Crippen molar-refractivity contribution in [2.75, 3.05) is 6.54 Å². The Bertz CT molecular complexity index is 635. The number of halogens is 1. The Balaban J connectivity index is 0.00000264. The first-order valence-electron chi connectivity index (χ1n) is 7.68. The van der Waals surface area contributed by atoms with E-state index >= 15 is 0 Å². The van der Waals surface area contributed by atoms with Gasteiger partial charge in [-0.25, -0.2) is 4.68 Å². The molecule has 0 fully saturated rings. The molecule has 2 aromatic rings. The number of amides is 1. The molecule has 0 aliphatic carbocycles. The van der Waals surface area contributed by atoms with Gasteiger partial charge in [0.1, 0.15) is 0 Å². The van der Waals surface area contributed by atoms with Crippen molar-refractivity contribution >= 4 is 18.3 Å². The van der Waals surface area contributed by atoms with E-state index in [4.69, 9.17) is 5.73 Å². The third-order valence-electron chi connectivity index (χ3n) is 4.26. The number of rotatable bonds is 6. The van der Waals surface area contributed by atoms with Crippen molar-refractivity contribution < 1.29 is 4.79 Å². The second-order valence-corrected chi connectivity index (χ2v) is 5.64. The molecule has 0 saturated carbocycles. The SMILES string of the molecule is CCC(N)(CC)CNC(=O)c1cnn(-c2ccccc2)c1C.Cl. The average molecular weight is 337 g/mol. The number of hydrogen-bond acceptors (Lipinski definition) is 3. The van der Waals surface area contributed by atoms with E-state index in [2.05, 4.69) is 10.4 Å². The first-order valence-corrected chi connectivity index (χ1v) is 7.68. The Morgan fingerprint density at radius 3 is 2.43 bits per heavy atom. The molecule has 1 amide bonds. The normalized spacial score (nSPS) is 11.0. The van der Waals surface area contributed by atoms with Gasteiger partial charge in [0.05, 0.1) is 23.1 Å². The van der Waals surface area contributed by atoms with Crippen LogP contribution in [-0.4, -0.2) is 27.8 Å². The molecule has 0 radical (unpaired) electrons. The standard InChI is InChI=1S/C17H24N4O.ClH/c1-4-17(18,5-2)12-19-16(22)15-11-20-21(13(15)3)14-9-7-6-8-10-14;/h6-11H,4-5,12,18H2,1-3H3,(H,19,22);1H. The number of hydrogen-bond donors (Lipinski definition) is 2. The molecule has 23 heavy (non-hydrogen) atoms. The van der Waals surface area contributed by atoms with Crippen LogP contribution in [0.2, 0.25) is 0 Å². The maximum absolute atomic E-state index is 12.4. The molecule has 0 saturated heterocycles. The van der Waals surface area contributed by atoms with Crippen molar-refractivity contribution in [3.63, 3.8) is 0 Å². The molecule has 0 unspecified atom stereocenters. The van der Waals surface area contributed by atoms with Crippen molar-refractivity contribution in [3.8, 4) is 5.69 Å². The first kappa shape index (κ1) is 19.2. The molecule has 3 N–H and O–H groups in total. The monoisotopic (exact) mass is 336 g/mol. The predicted molar refractivity (Wildman–Crippen MR) is 95.4 cm³/mol. The van der Waals surface area contributed by atoms with Gasteiger partial charge in [0.25, 0.3) is 5.91 Å². The Hall–Kier alpha value is -1.85. The van der Waals surface area contributed by atoms with Gasteiger partial charge in [0.2, 0.25) is 0 Å². The molecule has 5 nitrogen and oxygen atoms in total. The molecular weight excluding hydrogens is 312 g/mol. The molecule has 0 atom stereocenters. The largest absolute Gasteiger partial charge is 0.350 e. The van der Waals surface area contributed by atoms with Crippen LogP contribution in [0.1, 0.15) is 42.7 Å². The van der Waals surface area contributed by atoms with E-state index in [9.17, 15) is 4.79 Å². The highest BCUT2D eigenvalue weighted by atomic mass is 35.5. The maximum Gasteiger partial charge on any atom is 0.254 e. The lowest BCUT2D eigenvalue weighted by molar-refractivity contribution is 0.0941. The highest BCUT2D eigenvalue weighted by Crippen LogP contribution is 2.15. The van der Waals surface area contributed by atoms with Gasteiger partial charge in [-0.05, 0) is 31.9 Å². The van der Waals surface area contributed by atoms with Gasteiger partial charge in [-0.3, -0.25) is 4.79 Å². The third kappa shape index (κ3) is 4.33. The van der Waals surface area contributed by atoms with Crippen LogP contribution < -0.4 is 11.1 Å². The Labute approximate surface area is 143 Å². The molecule has 0 spiro atoms. The van der Waals surface area contributed by atoms with E-state index < -0.39 is 0 Å². The van der Waals surface area contributed by atoms with Crippen LogP contribution in [0.25, 0.3) is 5.69 Å². The van der Waals surface area contributed by atoms with E-state index in [-0.39, 0.29) is 23.9 Å². The van der Waals surface area contributed by atoms with Gasteiger partial charge < -0.3 is 11.1 Å². The Kier molecular flexibility index (Phi) is 6.79. The number of nitrogens with zero attached hydrogens (tertiary/aromatic N) is 2. The minimum absolute atomic E-state index is 0. The lowest BCUT2D eigenvalue weighted by atomic mass is 9.94. The number of nitrogens with two attached hydrogens (primary N) is 1. The van der Waals surface area contributed by atoms with Crippen LogP contribution in [0.4, 0.5) is 0 Å². The minimum Gasteiger partial charge on any atom is -0.350 e. The van der Waals surface area contributed by atoms with Gasteiger partial charge >= 0.3 is 0 Å². The van der Waals surface area contributed by atoms with Crippen molar-refractivity contribution in [1.82, 2.24) is 15.1 Å². The molecule has 2 rings (SSSR count). The zero-order valence-electron chi connectivity index (χ0n) is 13.9. The molecule has 1 aromatic carbocycles. The zero-order valence-corrected chi connectivity index (χ0v) is 14.7. The van der Waals surface area contributed by atoms with Crippen molar-refractivity contribution in [1.29, 1.82) is 0 Å². The number of carbonyl (C=O) groups is 1. The van der Waals surface area contributed by atoms with Crippen LogP contribution in [0.15, 0.2) is 36.5 Å². The number of carbonyl (C=O) groups excluding carboxylic acids is 1. The van der Waals surface area contributed by atoms with Crippen LogP contribution in [0.3, 0.4) is 0 Å². The van der Waals surface area contributed by atoms with Crippen molar-refractivity contribution in [3.05, 3.63) is 47.8 Å². The molecule has 0 aliphatic heterocycles. The first-order chi connectivity index (χ1) is 10.5. The minimum atomic E-state index is -0.348. The summed E-state index contributed by atoms with van der Waals surface area (Å²) in [4.78, 5) is 12.4. The fourth-order valence-electron chi connectivity index (χ4n) is 2.31. The summed E-state index contributed by atoms with van der Waals surface area (Å²) in [7, 11) is 0. The lowest BCUT2D eigenvalue weighted by Gasteiger charge is -2.26. The van der Waals surface area contributed by atoms with Gasteiger partial charge in [-0.15, -0.1) is 12.4 Å². The maximum atomic E-state index is 12.4. The Morgan fingerprint density at radius 2 is 1.87 bits per heavy atom. The van der Waals surface area contributed by atoms with E-state index in [1.54, 1.807) is 10.9 Å². The molecule has 0 bridgehead atoms. The highest BCUT2D eigenvalue weighted by molar-refractivity contribution is 5.95. The Morgan fingerprint density at radius 1 is 1.26 bits per heavy atom. The fourth-order valence-corrected chi connectivity index (χ4v) is 2.31. The van der Waals surface area contributed by atoms with Crippen LogP contribution >= 0.6 is 12.4 Å². The second-order valence-electron chi connectivity index (χ2n) is 5.64. The molecule has 0 aliphatic rings. The molecule has 1 heterocycles. The summed E-state index contributed by atoms with van der Waals surface area (Å²) < 4.78 is 1.77. The average Bonchev–Trinajstić information content (AvgIpc) is 2.95. The second kappa shape index (κ2) is 8.13. The van der Waals surface area contributed by atoms with Crippen molar-refractivity contribution in [2.24, 2.45) is 5.73 Å². The van der Waals surface area contributed by atoms with Crippen molar-refractivity contribution in [2.45, 2.75) is 39.2 Å². The summed E-state index contributed by atoms with van der Waals surface area (Å²) in [6.45, 7) is 6.43. The highest BCUT2D eigenvalue weighted by Gasteiger charge is 2.22. The molecule has 6 heteroatoms. The lowest BCUT2D eigenvalue weighted by Crippen LogP contribution is -2.49. The quantitative estimate of drug-likeness (QED) is 0.852. The summed E-state index contributed by atoms with van der Waals surface area (Å²) in [5.41, 5.74) is 8.21. The predicted octanol–water partition coefficient (Wildman–Crippen LogP) is 2.85. The van der Waals surface area contributed by atoms with Crippen LogP contribution in [0, 0.1) is 6.92 Å². The summed E-state index contributed by atoms with van der Waals surface area (Å²) >= 11 is 0. The van der Waals surface area contributed by atoms with Crippen LogP contribution in [-0.2, 0) is 0 Å². The van der Waals surface area contributed by atoms with Gasteiger partial charge in [-0.1, -0.05) is 32.0 Å². The number of aromatic nitrogens is 2. The number of para-hydroxylation sites is 1. The van der Waals surface area contributed by atoms with Crippen LogP contribution in [0.5, 0.6) is 0 Å². The van der Waals surface area contributed by atoms with Gasteiger partial charge in [0.15, 0.2) is 0 Å². The fraction of sp³-hybridized carbons (Fsp3) is 0.412. The summed E-state index contributed by atoms with van der Waals surface area (Å²) in [6, 6.07) is 9.76. The summed E-state index contributed by atoms with van der Waals surface area (Å²) in [6.07, 6.45) is 3.26. The van der Waals surface area contributed by atoms with E-state index in [1.165, 1.54) is 0 Å². The van der Waals surface area contributed by atoms with E-state index in [0.29, 0.717) is 12.1 Å². The summed E-state index contributed by atoms with van der Waals surface area (Å²) in [5.74, 6) is -0.128. The molecular formula is C17H25ClN4O. The van der Waals surface area contributed by atoms with Gasteiger partial charge in [-0.2, -0.15) is 5.10 Å². The van der Waals surface area contributed by atoms with E-state index in [1.807, 2.05) is 51.1 Å². The summed E-state index contributed by atoms with van der Waals surface area (Å²) in [5, 5.41) is 7.25. The molecule has 126 valence electrons. The smallest absolute Gasteiger partial charge is 0.254 e. The number of nitrogens with one attached hydrogen (secondary N) is 1. The number of benzene rings is 1. The third-order valence-corrected chi connectivity index (χ3v) is 4.26. The topological polar surface area (TPSA) is 72.9 Å². The van der Waals surface area contributed by atoms with E-state index in [0.717, 1.165) is 24.2 Å². The van der Waals surface area contributed by atoms with Gasteiger partial charge in [0, 0.05) is 12.1 Å². The molecule has 1 aromatic heterocycles.